The first kappa shape index (κ1) is 12.3. The van der Waals surface area contributed by atoms with E-state index in [9.17, 15) is 4.39 Å². The van der Waals surface area contributed by atoms with Gasteiger partial charge in [0.2, 0.25) is 0 Å². The van der Waals surface area contributed by atoms with Crippen LogP contribution in [-0.2, 0) is 0 Å². The van der Waals surface area contributed by atoms with E-state index < -0.39 is 6.17 Å². The molecule has 0 bridgehead atoms. The van der Waals surface area contributed by atoms with Crippen LogP contribution in [0.3, 0.4) is 0 Å². The van der Waals surface area contributed by atoms with Crippen LogP contribution in [0.4, 0.5) is 4.39 Å². The maximum atomic E-state index is 14.1. The number of likely N-dealkylation sites (tertiary alicyclic amines) is 2. The molecule has 0 aromatic heterocycles. The van der Waals surface area contributed by atoms with Crippen LogP contribution < -0.4 is 0 Å². The minimum atomic E-state index is -0.642. The van der Waals surface area contributed by atoms with Crippen LogP contribution in [0.2, 0.25) is 0 Å². The second-order valence-electron chi connectivity index (χ2n) is 6.56. The lowest BCUT2D eigenvalue weighted by Crippen LogP contribution is -2.57. The van der Waals surface area contributed by atoms with Gasteiger partial charge in [0.15, 0.2) is 0 Å². The van der Waals surface area contributed by atoms with Crippen molar-refractivity contribution in [3.63, 3.8) is 0 Å². The standard InChI is InChI=1S/C13H25FN2/c1-13(2,3)10-15-8-5-12(11(14)9-15)16-6-4-7-16/h11-12H,4-10H2,1-3H3. The highest BCUT2D eigenvalue weighted by Gasteiger charge is 2.36. The molecule has 0 N–H and O–H groups in total. The maximum absolute atomic E-state index is 14.1. The molecular weight excluding hydrogens is 203 g/mol. The van der Waals surface area contributed by atoms with E-state index in [1.807, 2.05) is 0 Å². The van der Waals surface area contributed by atoms with Crippen molar-refractivity contribution in [2.45, 2.75) is 45.8 Å². The van der Waals surface area contributed by atoms with E-state index in [4.69, 9.17) is 0 Å². The minimum absolute atomic E-state index is 0.213. The molecule has 2 atom stereocenters. The van der Waals surface area contributed by atoms with Gasteiger partial charge in [-0.15, -0.1) is 0 Å². The number of nitrogens with zero attached hydrogens (tertiary/aromatic N) is 2. The Morgan fingerprint density at radius 3 is 2.31 bits per heavy atom. The molecular formula is C13H25FN2. The van der Waals surface area contributed by atoms with Crippen LogP contribution in [0.15, 0.2) is 0 Å². The Kier molecular flexibility index (Phi) is 3.55. The lowest BCUT2D eigenvalue weighted by Gasteiger charge is -2.45. The van der Waals surface area contributed by atoms with Crippen LogP contribution >= 0.6 is 0 Å². The number of hydrogen-bond acceptors (Lipinski definition) is 2. The molecule has 2 fully saturated rings. The first-order valence-corrected chi connectivity index (χ1v) is 6.56. The van der Waals surface area contributed by atoms with E-state index in [0.29, 0.717) is 6.54 Å². The molecule has 94 valence electrons. The van der Waals surface area contributed by atoms with Crippen molar-refractivity contribution in [2.75, 3.05) is 32.7 Å². The van der Waals surface area contributed by atoms with Crippen molar-refractivity contribution in [3.05, 3.63) is 0 Å². The zero-order valence-corrected chi connectivity index (χ0v) is 10.9. The average molecular weight is 228 g/mol. The summed E-state index contributed by atoms with van der Waals surface area (Å²) in [7, 11) is 0. The quantitative estimate of drug-likeness (QED) is 0.714. The van der Waals surface area contributed by atoms with Gasteiger partial charge in [-0.1, -0.05) is 20.8 Å². The highest BCUT2D eigenvalue weighted by Crippen LogP contribution is 2.26. The van der Waals surface area contributed by atoms with Crippen molar-refractivity contribution in [1.29, 1.82) is 0 Å². The molecule has 2 nitrogen and oxygen atoms in total. The van der Waals surface area contributed by atoms with Gasteiger partial charge in [-0.25, -0.2) is 4.39 Å². The van der Waals surface area contributed by atoms with Gasteiger partial charge in [-0.3, -0.25) is 9.80 Å². The monoisotopic (exact) mass is 228 g/mol. The molecule has 2 rings (SSSR count). The van der Waals surface area contributed by atoms with E-state index in [0.717, 1.165) is 32.6 Å². The third-order valence-electron chi connectivity index (χ3n) is 3.65. The summed E-state index contributed by atoms with van der Waals surface area (Å²) in [5, 5.41) is 0. The van der Waals surface area contributed by atoms with Crippen LogP contribution in [0.5, 0.6) is 0 Å². The molecule has 2 unspecified atom stereocenters. The Morgan fingerprint density at radius 1 is 1.19 bits per heavy atom. The molecule has 2 aliphatic rings. The number of alkyl halides is 1. The van der Waals surface area contributed by atoms with Gasteiger partial charge >= 0.3 is 0 Å². The molecule has 2 saturated heterocycles. The zero-order valence-electron chi connectivity index (χ0n) is 10.9. The highest BCUT2D eigenvalue weighted by atomic mass is 19.1. The number of hydrogen-bond donors (Lipinski definition) is 0. The van der Waals surface area contributed by atoms with E-state index in [1.54, 1.807) is 0 Å². The van der Waals surface area contributed by atoms with Crippen molar-refractivity contribution in [1.82, 2.24) is 9.80 Å². The third kappa shape index (κ3) is 2.95. The van der Waals surface area contributed by atoms with Crippen molar-refractivity contribution in [3.8, 4) is 0 Å². The molecule has 0 saturated carbocycles. The summed E-state index contributed by atoms with van der Waals surface area (Å²) in [6, 6.07) is 0.213. The van der Waals surface area contributed by atoms with Crippen molar-refractivity contribution >= 4 is 0 Å². The van der Waals surface area contributed by atoms with E-state index in [2.05, 4.69) is 30.6 Å². The molecule has 0 aromatic rings. The van der Waals surface area contributed by atoms with Crippen LogP contribution in [0.25, 0.3) is 0 Å². The summed E-state index contributed by atoms with van der Waals surface area (Å²) in [5.41, 5.74) is 0.281. The Bertz CT molecular complexity index is 233. The number of piperidine rings is 1. The van der Waals surface area contributed by atoms with Gasteiger partial charge < -0.3 is 0 Å². The first-order chi connectivity index (χ1) is 7.46. The topological polar surface area (TPSA) is 6.48 Å². The molecule has 2 aliphatic heterocycles. The maximum Gasteiger partial charge on any atom is 0.128 e. The first-order valence-electron chi connectivity index (χ1n) is 6.56. The fraction of sp³-hybridized carbons (Fsp3) is 1.00. The van der Waals surface area contributed by atoms with Crippen LogP contribution in [0, 0.1) is 5.41 Å². The number of rotatable bonds is 2. The van der Waals surface area contributed by atoms with Gasteiger partial charge in [-0.2, -0.15) is 0 Å². The van der Waals surface area contributed by atoms with Crippen LogP contribution in [0.1, 0.15) is 33.6 Å². The second kappa shape index (κ2) is 4.61. The fourth-order valence-corrected chi connectivity index (χ4v) is 2.85. The molecule has 0 aliphatic carbocycles. The summed E-state index contributed by atoms with van der Waals surface area (Å²) in [5.74, 6) is 0. The Hall–Kier alpha value is -0.150. The molecule has 0 spiro atoms. The summed E-state index contributed by atoms with van der Waals surface area (Å²) in [6.07, 6.45) is 1.63. The summed E-state index contributed by atoms with van der Waals surface area (Å²) >= 11 is 0. The van der Waals surface area contributed by atoms with Gasteiger partial charge in [0.25, 0.3) is 0 Å². The van der Waals surface area contributed by atoms with Gasteiger partial charge in [0, 0.05) is 19.1 Å². The normalized spacial score (nSPS) is 33.8. The van der Waals surface area contributed by atoms with E-state index in [-0.39, 0.29) is 11.5 Å². The lowest BCUT2D eigenvalue weighted by atomic mass is 9.92. The predicted molar refractivity (Wildman–Crippen MR) is 65.4 cm³/mol. The van der Waals surface area contributed by atoms with Crippen LogP contribution in [-0.4, -0.2) is 54.7 Å². The molecule has 2 heterocycles. The smallest absolute Gasteiger partial charge is 0.128 e. The highest BCUT2D eigenvalue weighted by molar-refractivity contribution is 4.91. The lowest BCUT2D eigenvalue weighted by molar-refractivity contribution is -0.00351. The van der Waals surface area contributed by atoms with Gasteiger partial charge in [-0.05, 0) is 37.9 Å². The summed E-state index contributed by atoms with van der Waals surface area (Å²) in [4.78, 5) is 4.61. The third-order valence-corrected chi connectivity index (χ3v) is 3.65. The molecule has 16 heavy (non-hydrogen) atoms. The van der Waals surface area contributed by atoms with Gasteiger partial charge in [0.1, 0.15) is 6.17 Å². The minimum Gasteiger partial charge on any atom is -0.300 e. The van der Waals surface area contributed by atoms with E-state index in [1.165, 1.54) is 6.42 Å². The van der Waals surface area contributed by atoms with Crippen molar-refractivity contribution < 1.29 is 4.39 Å². The average Bonchev–Trinajstić information content (AvgIpc) is 2.03. The zero-order chi connectivity index (χ0) is 11.8. The van der Waals surface area contributed by atoms with Crippen molar-refractivity contribution in [2.24, 2.45) is 5.41 Å². The Labute approximate surface area is 98.8 Å². The predicted octanol–water partition coefficient (Wildman–Crippen LogP) is 2.15. The Morgan fingerprint density at radius 2 is 1.88 bits per heavy atom. The van der Waals surface area contributed by atoms with Gasteiger partial charge in [0.05, 0.1) is 0 Å². The Balaban J connectivity index is 1.82. The fourth-order valence-electron chi connectivity index (χ4n) is 2.85. The number of halogens is 1. The summed E-state index contributed by atoms with van der Waals surface area (Å²) in [6.45, 7) is 11.6. The largest absolute Gasteiger partial charge is 0.300 e. The van der Waals surface area contributed by atoms with E-state index >= 15 is 0 Å². The second-order valence-corrected chi connectivity index (χ2v) is 6.56. The molecule has 0 amide bonds. The SMILES string of the molecule is CC(C)(C)CN1CCC(N2CCC2)C(F)C1. The molecule has 3 heteroatoms. The molecule has 0 radical (unpaired) electrons. The molecule has 0 aromatic carbocycles. The summed E-state index contributed by atoms with van der Waals surface area (Å²) < 4.78 is 14.1.